The van der Waals surface area contributed by atoms with Crippen molar-refractivity contribution in [3.63, 3.8) is 0 Å². The number of hydrogen-bond acceptors (Lipinski definition) is 6. The molecule has 3 aromatic carbocycles. The van der Waals surface area contributed by atoms with Crippen LogP contribution in [0.5, 0.6) is 0 Å². The molecule has 1 saturated carbocycles. The Hall–Kier alpha value is -4.18. The average molecular weight is 614 g/mol. The second-order valence-electron chi connectivity index (χ2n) is 11.8. The maximum Gasteiger partial charge on any atom is 0.252 e. The summed E-state index contributed by atoms with van der Waals surface area (Å²) >= 11 is 0. The van der Waals surface area contributed by atoms with Crippen molar-refractivity contribution < 1.29 is 18.3 Å². The van der Waals surface area contributed by atoms with Crippen molar-refractivity contribution in [1.82, 2.24) is 14.8 Å². The van der Waals surface area contributed by atoms with E-state index in [0.29, 0.717) is 17.2 Å². The third-order valence-corrected chi connectivity index (χ3v) is 8.47. The van der Waals surface area contributed by atoms with Crippen molar-refractivity contribution >= 4 is 11.7 Å². The minimum Gasteiger partial charge on any atom is -0.383 e. The summed E-state index contributed by atoms with van der Waals surface area (Å²) in [6.45, 7) is 6.50. The monoisotopic (exact) mass is 613 g/mol. The molecule has 1 aliphatic carbocycles. The first-order valence-electron chi connectivity index (χ1n) is 15.5. The molecule has 9 heteroatoms. The highest BCUT2D eigenvalue weighted by Crippen LogP contribution is 2.25. The van der Waals surface area contributed by atoms with E-state index >= 15 is 0 Å². The number of piperazine rings is 1. The minimum absolute atomic E-state index is 0.00571. The van der Waals surface area contributed by atoms with Crippen LogP contribution in [0.2, 0.25) is 0 Å². The molecule has 1 aliphatic heterocycles. The summed E-state index contributed by atoms with van der Waals surface area (Å²) in [5.41, 5.74) is 16.7. The summed E-state index contributed by atoms with van der Waals surface area (Å²) in [6.07, 6.45) is 6.96. The van der Waals surface area contributed by atoms with Crippen molar-refractivity contribution in [3.8, 4) is 22.3 Å². The Morgan fingerprint density at radius 1 is 0.822 bits per heavy atom. The van der Waals surface area contributed by atoms with Crippen LogP contribution in [0.3, 0.4) is 0 Å². The number of anilines is 1. The van der Waals surface area contributed by atoms with Crippen molar-refractivity contribution in [2.24, 2.45) is 5.73 Å². The molecular formula is C36H41F2N5O2. The molecule has 0 radical (unpaired) electrons. The van der Waals surface area contributed by atoms with E-state index in [9.17, 15) is 13.6 Å². The molecule has 7 nitrogen and oxygen atoms in total. The number of nitrogens with zero attached hydrogens (tertiary/aromatic N) is 3. The number of amides is 1. The predicted octanol–water partition coefficient (Wildman–Crippen LogP) is 6.27. The second kappa shape index (κ2) is 15.2. The van der Waals surface area contributed by atoms with Gasteiger partial charge in [0.2, 0.25) is 0 Å². The standard InChI is InChI=1S/C24H32N2O.C12H9F2N3O/c1-25-14-16-26(17-15-25)18-20-6-10-22(11-7-20)23-12-8-21(9-13-23)19-27-24-4-2-3-5-24;13-9-2-1-6(4-10(9)14)7-3-8(12(16)18)11(15)17-5-7/h6-13,24H,2-5,14-19H2,1H3;1-5H,(H2,15,17)(H2,16,18). The molecule has 236 valence electrons. The Morgan fingerprint density at radius 3 is 2.02 bits per heavy atom. The first-order chi connectivity index (χ1) is 21.7. The van der Waals surface area contributed by atoms with Gasteiger partial charge in [0, 0.05) is 44.5 Å². The molecule has 1 amide bonds. The number of nitrogen functional groups attached to an aromatic ring is 1. The number of hydrogen-bond donors (Lipinski definition) is 2. The number of ether oxygens (including phenoxy) is 1. The number of carbonyl (C=O) groups is 1. The van der Waals surface area contributed by atoms with Crippen LogP contribution >= 0.6 is 0 Å². The zero-order chi connectivity index (χ0) is 31.8. The number of aromatic nitrogens is 1. The molecule has 0 spiro atoms. The lowest BCUT2D eigenvalue weighted by Gasteiger charge is -2.32. The zero-order valence-electron chi connectivity index (χ0n) is 25.7. The summed E-state index contributed by atoms with van der Waals surface area (Å²) in [6, 6.07) is 22.7. The second-order valence-corrected chi connectivity index (χ2v) is 11.8. The maximum absolute atomic E-state index is 13.1. The molecule has 1 saturated heterocycles. The molecule has 2 aliphatic rings. The topological polar surface area (TPSA) is 97.7 Å². The Balaban J connectivity index is 0.000000194. The summed E-state index contributed by atoms with van der Waals surface area (Å²) in [4.78, 5) is 19.8. The van der Waals surface area contributed by atoms with E-state index in [-0.39, 0.29) is 11.4 Å². The number of primary amides is 1. The van der Waals surface area contributed by atoms with Gasteiger partial charge in [-0.05, 0) is 65.9 Å². The summed E-state index contributed by atoms with van der Waals surface area (Å²) < 4.78 is 31.9. The van der Waals surface area contributed by atoms with E-state index in [1.54, 1.807) is 0 Å². The van der Waals surface area contributed by atoms with Gasteiger partial charge in [-0.3, -0.25) is 9.69 Å². The number of benzene rings is 3. The van der Waals surface area contributed by atoms with Crippen LogP contribution in [0.1, 0.15) is 47.2 Å². The lowest BCUT2D eigenvalue weighted by atomic mass is 10.0. The van der Waals surface area contributed by atoms with Gasteiger partial charge in [0.15, 0.2) is 11.6 Å². The molecule has 45 heavy (non-hydrogen) atoms. The molecule has 2 heterocycles. The minimum atomic E-state index is -0.982. The van der Waals surface area contributed by atoms with Gasteiger partial charge in [-0.2, -0.15) is 0 Å². The normalized spacial score (nSPS) is 15.9. The number of halogens is 2. The SMILES string of the molecule is CN1CCN(Cc2ccc(-c3ccc(COC4CCCC4)cc3)cc2)CC1.NC(=O)c1cc(-c2ccc(F)c(F)c2)cnc1N. The van der Waals surface area contributed by atoms with Crippen molar-refractivity contribution in [3.05, 3.63) is 107 Å². The first-order valence-corrected chi connectivity index (χ1v) is 15.5. The molecule has 4 N–H and O–H groups in total. The third-order valence-electron chi connectivity index (χ3n) is 8.47. The van der Waals surface area contributed by atoms with E-state index in [1.165, 1.54) is 92.4 Å². The Labute approximate surface area is 263 Å². The molecule has 2 fully saturated rings. The molecule has 6 rings (SSSR count). The van der Waals surface area contributed by atoms with Gasteiger partial charge >= 0.3 is 0 Å². The molecule has 0 atom stereocenters. The molecule has 1 aromatic heterocycles. The van der Waals surface area contributed by atoms with Crippen LogP contribution in [-0.4, -0.2) is 60.0 Å². The number of nitrogens with two attached hydrogens (primary N) is 2. The van der Waals surface area contributed by atoms with E-state index in [1.807, 2.05) is 0 Å². The first kappa shape index (κ1) is 32.2. The van der Waals surface area contributed by atoms with E-state index in [2.05, 4.69) is 70.4 Å². The van der Waals surface area contributed by atoms with Gasteiger partial charge in [0.05, 0.1) is 18.3 Å². The van der Waals surface area contributed by atoms with E-state index < -0.39 is 17.5 Å². The number of pyridine rings is 1. The van der Waals surface area contributed by atoms with Crippen LogP contribution in [0, 0.1) is 11.6 Å². The van der Waals surface area contributed by atoms with Crippen LogP contribution in [-0.2, 0) is 17.9 Å². The third kappa shape index (κ3) is 8.94. The van der Waals surface area contributed by atoms with Crippen molar-refractivity contribution in [1.29, 1.82) is 0 Å². The fourth-order valence-corrected chi connectivity index (χ4v) is 5.64. The fraction of sp³-hybridized carbons (Fsp3) is 0.333. The molecule has 0 bridgehead atoms. The fourth-order valence-electron chi connectivity index (χ4n) is 5.64. The highest BCUT2D eigenvalue weighted by Gasteiger charge is 2.16. The van der Waals surface area contributed by atoms with Gasteiger partial charge in [0.25, 0.3) is 5.91 Å². The van der Waals surface area contributed by atoms with Crippen LogP contribution in [0.15, 0.2) is 79.0 Å². The Kier molecular flexibility index (Phi) is 10.9. The van der Waals surface area contributed by atoms with Gasteiger partial charge in [-0.25, -0.2) is 13.8 Å². The Morgan fingerprint density at radius 2 is 1.42 bits per heavy atom. The summed E-state index contributed by atoms with van der Waals surface area (Å²) in [5, 5.41) is 0. The summed E-state index contributed by atoms with van der Waals surface area (Å²) in [5.74, 6) is -2.67. The highest BCUT2D eigenvalue weighted by molar-refractivity contribution is 5.98. The van der Waals surface area contributed by atoms with Crippen molar-refractivity contribution in [2.45, 2.75) is 44.9 Å². The maximum atomic E-state index is 13.1. The van der Waals surface area contributed by atoms with E-state index in [4.69, 9.17) is 16.2 Å². The smallest absolute Gasteiger partial charge is 0.252 e. The lowest BCUT2D eigenvalue weighted by Crippen LogP contribution is -2.43. The van der Waals surface area contributed by atoms with E-state index in [0.717, 1.165) is 25.3 Å². The summed E-state index contributed by atoms with van der Waals surface area (Å²) in [7, 11) is 2.21. The largest absolute Gasteiger partial charge is 0.383 e. The van der Waals surface area contributed by atoms with Crippen molar-refractivity contribution in [2.75, 3.05) is 39.0 Å². The quantitative estimate of drug-likeness (QED) is 0.243. The van der Waals surface area contributed by atoms with Gasteiger partial charge in [0.1, 0.15) is 5.82 Å². The average Bonchev–Trinajstić information content (AvgIpc) is 3.58. The number of carbonyl (C=O) groups excluding carboxylic acids is 1. The van der Waals surface area contributed by atoms with Crippen LogP contribution < -0.4 is 11.5 Å². The molecular weight excluding hydrogens is 572 g/mol. The zero-order valence-corrected chi connectivity index (χ0v) is 25.7. The predicted molar refractivity (Wildman–Crippen MR) is 174 cm³/mol. The molecule has 0 unspecified atom stereocenters. The lowest BCUT2D eigenvalue weighted by molar-refractivity contribution is 0.0457. The van der Waals surface area contributed by atoms with Crippen LogP contribution in [0.4, 0.5) is 14.6 Å². The van der Waals surface area contributed by atoms with Gasteiger partial charge in [-0.1, -0.05) is 67.4 Å². The van der Waals surface area contributed by atoms with Gasteiger partial charge < -0.3 is 21.1 Å². The number of likely N-dealkylation sites (N-methyl/N-ethyl adjacent to an activating group) is 1. The number of rotatable bonds is 8. The van der Waals surface area contributed by atoms with Crippen LogP contribution in [0.25, 0.3) is 22.3 Å². The molecule has 4 aromatic rings. The van der Waals surface area contributed by atoms with Gasteiger partial charge in [-0.15, -0.1) is 0 Å². The highest BCUT2D eigenvalue weighted by atomic mass is 19.2. The Bertz CT molecular complexity index is 1570.